The minimum atomic E-state index is -0.978. The zero-order chi connectivity index (χ0) is 20.7. The van der Waals surface area contributed by atoms with E-state index in [-0.39, 0.29) is 11.3 Å². The summed E-state index contributed by atoms with van der Waals surface area (Å²) < 4.78 is 31.0. The van der Waals surface area contributed by atoms with Crippen LogP contribution in [-0.4, -0.2) is 35.9 Å². The number of ether oxygens (including phenoxy) is 1. The van der Waals surface area contributed by atoms with Crippen molar-refractivity contribution in [2.45, 2.75) is 0 Å². The van der Waals surface area contributed by atoms with Gasteiger partial charge in [-0.3, -0.25) is 24.5 Å². The maximum atomic E-state index is 13.4. The molecule has 2 rings (SSSR count). The van der Waals surface area contributed by atoms with Crippen molar-refractivity contribution in [1.29, 1.82) is 0 Å². The summed E-state index contributed by atoms with van der Waals surface area (Å²) in [5.41, 5.74) is -0.752. The van der Waals surface area contributed by atoms with Gasteiger partial charge in [0.1, 0.15) is 18.2 Å². The number of nitrogens with zero attached hydrogens (tertiary/aromatic N) is 1. The molecule has 0 spiro atoms. The molecule has 0 atom stereocenters. The standard InChI is InChI=1S/C17H13F2N3O6/c18-11-4-5-13(19)14(7-11)21-15(23)9-28-16(24)8-20-17(25)10-2-1-3-12(6-10)22(26)27/h1-7H,8-9H2,(H,20,25)(H,21,23). The summed E-state index contributed by atoms with van der Waals surface area (Å²) in [5.74, 6) is -4.29. The number of non-ortho nitro benzene ring substituents is 1. The highest BCUT2D eigenvalue weighted by molar-refractivity contribution is 5.97. The number of hydrogen-bond acceptors (Lipinski definition) is 6. The van der Waals surface area contributed by atoms with E-state index in [0.717, 1.165) is 24.3 Å². The van der Waals surface area contributed by atoms with Gasteiger partial charge in [0.25, 0.3) is 17.5 Å². The summed E-state index contributed by atoms with van der Waals surface area (Å²) in [6.45, 7) is -1.40. The van der Waals surface area contributed by atoms with Crippen LogP contribution in [0.25, 0.3) is 0 Å². The zero-order valence-electron chi connectivity index (χ0n) is 14.1. The maximum absolute atomic E-state index is 13.4. The van der Waals surface area contributed by atoms with Gasteiger partial charge in [0, 0.05) is 23.8 Å². The lowest BCUT2D eigenvalue weighted by Gasteiger charge is -2.08. The summed E-state index contributed by atoms with van der Waals surface area (Å²) in [6, 6.07) is 7.30. The Morgan fingerprint density at radius 1 is 1.11 bits per heavy atom. The highest BCUT2D eigenvalue weighted by Crippen LogP contribution is 2.15. The van der Waals surface area contributed by atoms with Crippen molar-refractivity contribution in [1.82, 2.24) is 5.32 Å². The van der Waals surface area contributed by atoms with Crippen molar-refractivity contribution in [3.8, 4) is 0 Å². The molecule has 9 nitrogen and oxygen atoms in total. The second kappa shape index (κ2) is 9.16. The number of anilines is 1. The van der Waals surface area contributed by atoms with Gasteiger partial charge in [-0.05, 0) is 18.2 Å². The molecule has 0 saturated carbocycles. The third kappa shape index (κ3) is 5.83. The summed E-state index contributed by atoms with van der Waals surface area (Å²) >= 11 is 0. The Hall–Kier alpha value is -3.89. The first-order valence-corrected chi connectivity index (χ1v) is 7.69. The second-order valence-corrected chi connectivity index (χ2v) is 5.32. The van der Waals surface area contributed by atoms with E-state index in [2.05, 4.69) is 10.1 Å². The van der Waals surface area contributed by atoms with Crippen LogP contribution in [-0.2, 0) is 14.3 Å². The van der Waals surface area contributed by atoms with Crippen molar-refractivity contribution in [3.05, 3.63) is 69.8 Å². The molecule has 0 saturated heterocycles. The maximum Gasteiger partial charge on any atom is 0.325 e. The van der Waals surface area contributed by atoms with Gasteiger partial charge in [0.05, 0.1) is 10.6 Å². The molecule has 0 aromatic heterocycles. The van der Waals surface area contributed by atoms with Gasteiger partial charge < -0.3 is 15.4 Å². The smallest absolute Gasteiger partial charge is 0.325 e. The molecule has 0 fully saturated rings. The van der Waals surface area contributed by atoms with Gasteiger partial charge in [-0.25, -0.2) is 8.78 Å². The molecule has 2 N–H and O–H groups in total. The number of carbonyl (C=O) groups excluding carboxylic acids is 3. The first-order chi connectivity index (χ1) is 13.3. The van der Waals surface area contributed by atoms with Crippen molar-refractivity contribution < 1.29 is 32.8 Å². The third-order valence-electron chi connectivity index (χ3n) is 3.28. The minimum absolute atomic E-state index is 0.0404. The Kier molecular flexibility index (Phi) is 6.68. The average Bonchev–Trinajstić information content (AvgIpc) is 2.67. The molecule has 11 heteroatoms. The molecule has 0 unspecified atom stereocenters. The fraction of sp³-hybridized carbons (Fsp3) is 0.118. The van der Waals surface area contributed by atoms with Crippen molar-refractivity contribution in [2.24, 2.45) is 0 Å². The molecule has 0 heterocycles. The Morgan fingerprint density at radius 3 is 2.57 bits per heavy atom. The number of rotatable bonds is 7. The van der Waals surface area contributed by atoms with Crippen molar-refractivity contribution in [2.75, 3.05) is 18.5 Å². The monoisotopic (exact) mass is 393 g/mol. The van der Waals surface area contributed by atoms with Gasteiger partial charge in [-0.15, -0.1) is 0 Å². The Morgan fingerprint density at radius 2 is 1.86 bits per heavy atom. The van der Waals surface area contributed by atoms with Gasteiger partial charge >= 0.3 is 5.97 Å². The van der Waals surface area contributed by atoms with Crippen LogP contribution in [0.3, 0.4) is 0 Å². The fourth-order valence-electron chi connectivity index (χ4n) is 1.99. The Bertz CT molecular complexity index is 935. The van der Waals surface area contributed by atoms with Crippen LogP contribution in [0.1, 0.15) is 10.4 Å². The molecule has 2 amide bonds. The first-order valence-electron chi connectivity index (χ1n) is 7.69. The summed E-state index contributed by atoms with van der Waals surface area (Å²) in [5, 5.41) is 14.9. The number of nitrogens with one attached hydrogen (secondary N) is 2. The number of nitro groups is 1. The highest BCUT2D eigenvalue weighted by Gasteiger charge is 2.14. The largest absolute Gasteiger partial charge is 0.454 e. The van der Waals surface area contributed by atoms with Crippen LogP contribution in [0, 0.1) is 21.7 Å². The van der Waals surface area contributed by atoms with Crippen molar-refractivity contribution in [3.63, 3.8) is 0 Å². The lowest BCUT2D eigenvalue weighted by atomic mass is 10.2. The zero-order valence-corrected chi connectivity index (χ0v) is 14.1. The van der Waals surface area contributed by atoms with E-state index in [1.165, 1.54) is 18.2 Å². The fourth-order valence-corrected chi connectivity index (χ4v) is 1.99. The molecular formula is C17H13F2N3O6. The normalized spacial score (nSPS) is 10.1. The predicted octanol–water partition coefficient (Wildman–Crippen LogP) is 1.78. The first kappa shape index (κ1) is 20.4. The van der Waals surface area contributed by atoms with Gasteiger partial charge in [-0.2, -0.15) is 0 Å². The minimum Gasteiger partial charge on any atom is -0.454 e. The number of hydrogen-bond donors (Lipinski definition) is 2. The topological polar surface area (TPSA) is 128 Å². The van der Waals surface area contributed by atoms with E-state index in [1.54, 1.807) is 0 Å². The van der Waals surface area contributed by atoms with Crippen LogP contribution in [0.4, 0.5) is 20.2 Å². The Labute approximate surface area is 156 Å². The molecular weight excluding hydrogens is 380 g/mol. The highest BCUT2D eigenvalue weighted by atomic mass is 19.1. The number of carbonyl (C=O) groups is 3. The molecule has 2 aromatic carbocycles. The molecule has 0 aliphatic carbocycles. The molecule has 28 heavy (non-hydrogen) atoms. The van der Waals surface area contributed by atoms with Crippen LogP contribution >= 0.6 is 0 Å². The molecule has 0 radical (unpaired) electrons. The Balaban J connectivity index is 1.80. The van der Waals surface area contributed by atoms with E-state index in [1.807, 2.05) is 5.32 Å². The predicted molar refractivity (Wildman–Crippen MR) is 91.4 cm³/mol. The van der Waals surface area contributed by atoms with Gasteiger partial charge in [-0.1, -0.05) is 6.07 Å². The van der Waals surface area contributed by atoms with Gasteiger partial charge in [0.2, 0.25) is 0 Å². The number of amides is 2. The molecule has 146 valence electrons. The number of esters is 1. The lowest BCUT2D eigenvalue weighted by molar-refractivity contribution is -0.384. The van der Waals surface area contributed by atoms with Crippen LogP contribution in [0.15, 0.2) is 42.5 Å². The SMILES string of the molecule is O=C(COC(=O)CNC(=O)c1cccc([N+](=O)[O-])c1)Nc1cc(F)ccc1F. The third-order valence-corrected chi connectivity index (χ3v) is 3.28. The summed E-state index contributed by atoms with van der Waals surface area (Å²) in [7, 11) is 0. The lowest BCUT2D eigenvalue weighted by Crippen LogP contribution is -2.32. The molecule has 0 aliphatic heterocycles. The summed E-state index contributed by atoms with van der Waals surface area (Å²) in [4.78, 5) is 45.1. The van der Waals surface area contributed by atoms with E-state index in [9.17, 15) is 33.3 Å². The molecule has 0 aliphatic rings. The molecule has 2 aromatic rings. The average molecular weight is 393 g/mol. The van der Waals surface area contributed by atoms with E-state index in [0.29, 0.717) is 0 Å². The number of halogens is 2. The second-order valence-electron chi connectivity index (χ2n) is 5.32. The van der Waals surface area contributed by atoms with Crippen LogP contribution in [0.2, 0.25) is 0 Å². The summed E-state index contributed by atoms with van der Waals surface area (Å²) in [6.07, 6.45) is 0. The quantitative estimate of drug-likeness (QED) is 0.419. The van der Waals surface area contributed by atoms with E-state index >= 15 is 0 Å². The number of benzene rings is 2. The molecule has 0 bridgehead atoms. The van der Waals surface area contributed by atoms with Crippen molar-refractivity contribution >= 4 is 29.2 Å². The van der Waals surface area contributed by atoms with Crippen LogP contribution in [0.5, 0.6) is 0 Å². The van der Waals surface area contributed by atoms with E-state index in [4.69, 9.17) is 0 Å². The van der Waals surface area contributed by atoms with E-state index < -0.39 is 53.2 Å². The number of nitro benzene ring substituents is 1. The van der Waals surface area contributed by atoms with Crippen LogP contribution < -0.4 is 10.6 Å². The van der Waals surface area contributed by atoms with Gasteiger partial charge in [0.15, 0.2) is 6.61 Å².